The van der Waals surface area contributed by atoms with E-state index < -0.39 is 9.84 Å². The van der Waals surface area contributed by atoms with E-state index in [9.17, 15) is 8.42 Å². The van der Waals surface area contributed by atoms with Crippen LogP contribution >= 0.6 is 15.9 Å². The second-order valence-corrected chi connectivity index (χ2v) is 5.14. The highest BCUT2D eigenvalue weighted by Crippen LogP contribution is 2.08. The van der Waals surface area contributed by atoms with Crippen LogP contribution < -0.4 is 0 Å². The van der Waals surface area contributed by atoms with Crippen LogP contribution in [-0.4, -0.2) is 38.0 Å². The van der Waals surface area contributed by atoms with Gasteiger partial charge in [0.1, 0.15) is 0 Å². The molecule has 0 aromatic carbocycles. The normalized spacial score (nSPS) is 31.9. The Labute approximate surface area is 68.8 Å². The van der Waals surface area contributed by atoms with Crippen molar-refractivity contribution < 1.29 is 13.2 Å². The van der Waals surface area contributed by atoms with E-state index in [1.54, 1.807) is 0 Å². The van der Waals surface area contributed by atoms with Gasteiger partial charge in [-0.25, -0.2) is 8.42 Å². The van der Waals surface area contributed by atoms with Crippen LogP contribution in [0.25, 0.3) is 0 Å². The summed E-state index contributed by atoms with van der Waals surface area (Å²) in [7, 11) is -2.80. The van der Waals surface area contributed by atoms with E-state index in [1.165, 1.54) is 0 Å². The standard InChI is InChI=1S/C5H9BrO3S/c6-3-5-4-10(7,8)2-1-9-5/h5H,1-4H2. The van der Waals surface area contributed by atoms with Gasteiger partial charge in [0, 0.05) is 5.33 Å². The van der Waals surface area contributed by atoms with Crippen LogP contribution in [0, 0.1) is 0 Å². The number of halogens is 1. The van der Waals surface area contributed by atoms with Gasteiger partial charge in [0.15, 0.2) is 9.84 Å². The molecule has 0 spiro atoms. The molecule has 0 aromatic rings. The monoisotopic (exact) mass is 228 g/mol. The van der Waals surface area contributed by atoms with Crippen LogP contribution in [0.2, 0.25) is 0 Å². The van der Waals surface area contributed by atoms with Crippen molar-refractivity contribution in [2.75, 3.05) is 23.4 Å². The molecule has 1 saturated heterocycles. The lowest BCUT2D eigenvalue weighted by molar-refractivity contribution is 0.0892. The predicted molar refractivity (Wildman–Crippen MR) is 42.2 cm³/mol. The highest BCUT2D eigenvalue weighted by Gasteiger charge is 2.23. The molecule has 1 aliphatic heterocycles. The summed E-state index contributed by atoms with van der Waals surface area (Å²) in [4.78, 5) is 0. The molecule has 1 atom stereocenters. The van der Waals surface area contributed by atoms with Gasteiger partial charge in [0.25, 0.3) is 0 Å². The highest BCUT2D eigenvalue weighted by molar-refractivity contribution is 9.09. The average molecular weight is 229 g/mol. The molecule has 0 radical (unpaired) electrons. The summed E-state index contributed by atoms with van der Waals surface area (Å²) in [6.45, 7) is 0.346. The van der Waals surface area contributed by atoms with Gasteiger partial charge >= 0.3 is 0 Å². The lowest BCUT2D eigenvalue weighted by atomic mass is 10.5. The number of rotatable bonds is 1. The van der Waals surface area contributed by atoms with E-state index in [2.05, 4.69) is 15.9 Å². The Balaban J connectivity index is 2.56. The van der Waals surface area contributed by atoms with Crippen molar-refractivity contribution in [3.05, 3.63) is 0 Å². The van der Waals surface area contributed by atoms with Gasteiger partial charge < -0.3 is 4.74 Å². The largest absolute Gasteiger partial charge is 0.375 e. The zero-order valence-electron chi connectivity index (χ0n) is 5.42. The molecule has 10 heavy (non-hydrogen) atoms. The Hall–Kier alpha value is 0.390. The quantitative estimate of drug-likeness (QED) is 0.603. The Morgan fingerprint density at radius 1 is 1.60 bits per heavy atom. The van der Waals surface area contributed by atoms with Crippen LogP contribution in [0.15, 0.2) is 0 Å². The highest BCUT2D eigenvalue weighted by atomic mass is 79.9. The first-order valence-electron chi connectivity index (χ1n) is 3.02. The summed E-state index contributed by atoms with van der Waals surface area (Å²) in [6, 6.07) is 0. The molecule has 1 heterocycles. The first kappa shape index (κ1) is 8.49. The first-order chi connectivity index (χ1) is 4.64. The summed E-state index contributed by atoms with van der Waals surface area (Å²) in [5.41, 5.74) is 0. The fourth-order valence-electron chi connectivity index (χ4n) is 0.846. The van der Waals surface area contributed by atoms with Crippen LogP contribution in [-0.2, 0) is 14.6 Å². The molecule has 1 fully saturated rings. The lowest BCUT2D eigenvalue weighted by Crippen LogP contribution is -2.35. The second kappa shape index (κ2) is 3.19. The summed E-state index contributed by atoms with van der Waals surface area (Å²) in [5.74, 6) is 0.342. The first-order valence-corrected chi connectivity index (χ1v) is 5.96. The van der Waals surface area contributed by atoms with Gasteiger partial charge in [0.05, 0.1) is 24.2 Å². The smallest absolute Gasteiger partial charge is 0.155 e. The SMILES string of the molecule is O=S1(=O)CCOC(CBr)C1. The van der Waals surface area contributed by atoms with Crippen LogP contribution in [0.1, 0.15) is 0 Å². The van der Waals surface area contributed by atoms with Crippen molar-refractivity contribution in [1.82, 2.24) is 0 Å². The Bertz CT molecular complexity index is 199. The molecular weight excluding hydrogens is 220 g/mol. The molecule has 0 N–H and O–H groups in total. The Morgan fingerprint density at radius 2 is 2.30 bits per heavy atom. The fraction of sp³-hybridized carbons (Fsp3) is 1.00. The average Bonchev–Trinajstić information content (AvgIpc) is 1.86. The molecule has 0 bridgehead atoms. The van der Waals surface area contributed by atoms with E-state index in [-0.39, 0.29) is 17.6 Å². The van der Waals surface area contributed by atoms with Crippen molar-refractivity contribution in [2.24, 2.45) is 0 Å². The van der Waals surface area contributed by atoms with E-state index in [0.717, 1.165) is 0 Å². The molecule has 60 valence electrons. The summed E-state index contributed by atoms with van der Waals surface area (Å²) >= 11 is 3.17. The zero-order chi connectivity index (χ0) is 7.61. The summed E-state index contributed by atoms with van der Waals surface area (Å²) in [5, 5.41) is 0.603. The van der Waals surface area contributed by atoms with E-state index >= 15 is 0 Å². The van der Waals surface area contributed by atoms with Gasteiger partial charge in [-0.15, -0.1) is 0 Å². The molecule has 3 nitrogen and oxygen atoms in total. The van der Waals surface area contributed by atoms with Crippen molar-refractivity contribution in [3.63, 3.8) is 0 Å². The molecule has 0 amide bonds. The summed E-state index contributed by atoms with van der Waals surface area (Å²) in [6.07, 6.45) is -0.140. The number of sulfone groups is 1. The molecular formula is C5H9BrO3S. The van der Waals surface area contributed by atoms with Gasteiger partial charge in [-0.2, -0.15) is 0 Å². The van der Waals surface area contributed by atoms with Gasteiger partial charge in [-0.05, 0) is 0 Å². The van der Waals surface area contributed by atoms with Gasteiger partial charge in [-0.3, -0.25) is 0 Å². The maximum Gasteiger partial charge on any atom is 0.155 e. The van der Waals surface area contributed by atoms with E-state index in [4.69, 9.17) is 4.74 Å². The second-order valence-electron chi connectivity index (χ2n) is 2.26. The molecule has 1 rings (SSSR count). The van der Waals surface area contributed by atoms with Crippen molar-refractivity contribution >= 4 is 25.8 Å². The number of hydrogen-bond acceptors (Lipinski definition) is 3. The van der Waals surface area contributed by atoms with Crippen molar-refractivity contribution in [3.8, 4) is 0 Å². The third-order valence-corrected chi connectivity index (χ3v) is 3.75. The van der Waals surface area contributed by atoms with Crippen molar-refractivity contribution in [2.45, 2.75) is 6.10 Å². The maximum absolute atomic E-state index is 10.9. The minimum absolute atomic E-state index is 0.140. The number of ether oxygens (including phenoxy) is 1. The Morgan fingerprint density at radius 3 is 2.70 bits per heavy atom. The predicted octanol–water partition coefficient (Wildman–Crippen LogP) is 0.195. The molecule has 0 aliphatic carbocycles. The zero-order valence-corrected chi connectivity index (χ0v) is 7.82. The van der Waals surface area contributed by atoms with E-state index in [0.29, 0.717) is 11.9 Å². The fourth-order valence-corrected chi connectivity index (χ4v) is 2.86. The third kappa shape index (κ3) is 2.21. The Kier molecular flexibility index (Phi) is 2.71. The lowest BCUT2D eigenvalue weighted by Gasteiger charge is -2.20. The molecule has 1 aliphatic rings. The van der Waals surface area contributed by atoms with Crippen molar-refractivity contribution in [1.29, 1.82) is 0 Å². The number of alkyl halides is 1. The van der Waals surface area contributed by atoms with Crippen LogP contribution in [0.3, 0.4) is 0 Å². The van der Waals surface area contributed by atoms with E-state index in [1.807, 2.05) is 0 Å². The molecule has 0 saturated carbocycles. The molecule has 0 aromatic heterocycles. The minimum Gasteiger partial charge on any atom is -0.375 e. The maximum atomic E-state index is 10.9. The third-order valence-electron chi connectivity index (χ3n) is 1.36. The van der Waals surface area contributed by atoms with Crippen LogP contribution in [0.4, 0.5) is 0 Å². The molecule has 5 heteroatoms. The topological polar surface area (TPSA) is 43.4 Å². The summed E-state index contributed by atoms with van der Waals surface area (Å²) < 4.78 is 27.0. The van der Waals surface area contributed by atoms with Gasteiger partial charge in [-0.1, -0.05) is 15.9 Å². The molecule has 1 unspecified atom stereocenters. The number of hydrogen-bond donors (Lipinski definition) is 0. The minimum atomic E-state index is -2.80. The van der Waals surface area contributed by atoms with Gasteiger partial charge in [0.2, 0.25) is 0 Å². The van der Waals surface area contributed by atoms with Crippen LogP contribution in [0.5, 0.6) is 0 Å².